The Bertz CT molecular complexity index is 210. The summed E-state index contributed by atoms with van der Waals surface area (Å²) in [6.45, 7) is 6.21. The molecule has 0 heterocycles. The van der Waals surface area contributed by atoms with Crippen LogP contribution in [0.4, 0.5) is 0 Å². The van der Waals surface area contributed by atoms with E-state index in [1.54, 1.807) is 0 Å². The Morgan fingerprint density at radius 2 is 2.00 bits per heavy atom. The van der Waals surface area contributed by atoms with Crippen molar-refractivity contribution in [2.45, 2.75) is 52.0 Å². The van der Waals surface area contributed by atoms with Crippen molar-refractivity contribution in [3.05, 3.63) is 0 Å². The molecular weight excluding hydrogens is 198 g/mol. The first-order valence-electron chi connectivity index (χ1n) is 5.24. The quantitative estimate of drug-likeness (QED) is 0.724. The topological polar surface area (TPSA) is 29.1 Å². The molecule has 1 aliphatic rings. The van der Waals surface area contributed by atoms with Crippen LogP contribution in [0.5, 0.6) is 0 Å². The van der Waals surface area contributed by atoms with Gasteiger partial charge in [0.05, 0.1) is 5.54 Å². The van der Waals surface area contributed by atoms with Gasteiger partial charge in [-0.1, -0.05) is 20.8 Å². The summed E-state index contributed by atoms with van der Waals surface area (Å²) in [6, 6.07) is 0. The Morgan fingerprint density at radius 1 is 1.43 bits per heavy atom. The summed E-state index contributed by atoms with van der Waals surface area (Å²) < 4.78 is 0. The van der Waals surface area contributed by atoms with Gasteiger partial charge in [-0.05, 0) is 24.7 Å². The number of carbonyl (C=O) groups excluding carboxylic acids is 1. The maximum atomic E-state index is 11.7. The van der Waals surface area contributed by atoms with Crippen LogP contribution in [0.15, 0.2) is 0 Å². The van der Waals surface area contributed by atoms with Crippen molar-refractivity contribution in [1.29, 1.82) is 0 Å². The van der Waals surface area contributed by atoms with Gasteiger partial charge in [-0.2, -0.15) is 0 Å². The van der Waals surface area contributed by atoms with Crippen LogP contribution in [-0.4, -0.2) is 17.3 Å². The SMILES string of the molecule is CC(C)(C)CC(=O)NC1(CCl)CCC1. The zero-order valence-corrected chi connectivity index (χ0v) is 10.1. The van der Waals surface area contributed by atoms with Gasteiger partial charge in [-0.3, -0.25) is 4.79 Å². The lowest BCUT2D eigenvalue weighted by atomic mass is 9.78. The van der Waals surface area contributed by atoms with E-state index in [9.17, 15) is 4.79 Å². The number of amides is 1. The number of nitrogens with one attached hydrogen (secondary N) is 1. The van der Waals surface area contributed by atoms with Gasteiger partial charge in [0.2, 0.25) is 5.91 Å². The average molecular weight is 218 g/mol. The third kappa shape index (κ3) is 3.16. The molecule has 1 rings (SSSR count). The van der Waals surface area contributed by atoms with Crippen LogP contribution >= 0.6 is 11.6 Å². The number of hydrogen-bond donors (Lipinski definition) is 1. The number of halogens is 1. The van der Waals surface area contributed by atoms with Crippen molar-refractivity contribution in [2.75, 3.05) is 5.88 Å². The largest absolute Gasteiger partial charge is 0.349 e. The zero-order chi connectivity index (χ0) is 10.8. The van der Waals surface area contributed by atoms with E-state index in [0.29, 0.717) is 12.3 Å². The Hall–Kier alpha value is -0.240. The van der Waals surface area contributed by atoms with Crippen molar-refractivity contribution in [2.24, 2.45) is 5.41 Å². The van der Waals surface area contributed by atoms with E-state index in [-0.39, 0.29) is 16.9 Å². The smallest absolute Gasteiger partial charge is 0.220 e. The van der Waals surface area contributed by atoms with Crippen LogP contribution in [0, 0.1) is 5.41 Å². The summed E-state index contributed by atoms with van der Waals surface area (Å²) in [5, 5.41) is 3.07. The molecule has 0 aromatic heterocycles. The summed E-state index contributed by atoms with van der Waals surface area (Å²) in [5.41, 5.74) is -0.0226. The molecule has 0 aromatic rings. The second kappa shape index (κ2) is 4.09. The minimum Gasteiger partial charge on any atom is -0.349 e. The molecule has 2 nitrogen and oxygen atoms in total. The summed E-state index contributed by atoms with van der Waals surface area (Å²) >= 11 is 5.86. The molecule has 1 saturated carbocycles. The molecule has 0 aromatic carbocycles. The average Bonchev–Trinajstić information content (AvgIpc) is 1.93. The van der Waals surface area contributed by atoms with Crippen LogP contribution in [0.25, 0.3) is 0 Å². The van der Waals surface area contributed by atoms with E-state index in [0.717, 1.165) is 12.8 Å². The predicted octanol–water partition coefficient (Wildman–Crippen LogP) is 2.70. The molecule has 0 saturated heterocycles. The summed E-state index contributed by atoms with van der Waals surface area (Å²) in [4.78, 5) is 11.7. The summed E-state index contributed by atoms with van der Waals surface area (Å²) in [6.07, 6.45) is 3.83. The van der Waals surface area contributed by atoms with Gasteiger partial charge < -0.3 is 5.32 Å². The van der Waals surface area contributed by atoms with Crippen molar-refractivity contribution >= 4 is 17.5 Å². The molecule has 1 fully saturated rings. The molecule has 1 N–H and O–H groups in total. The Kier molecular flexibility index (Phi) is 3.46. The number of hydrogen-bond acceptors (Lipinski definition) is 1. The first-order chi connectivity index (χ1) is 6.37. The molecular formula is C11H20ClNO. The van der Waals surface area contributed by atoms with Crippen LogP contribution < -0.4 is 5.32 Å². The monoisotopic (exact) mass is 217 g/mol. The van der Waals surface area contributed by atoms with Gasteiger partial charge in [-0.15, -0.1) is 11.6 Å². The fraction of sp³-hybridized carbons (Fsp3) is 0.909. The molecule has 0 unspecified atom stereocenters. The standard InChI is InChI=1S/C11H20ClNO/c1-10(2,3)7-9(14)13-11(8-12)5-4-6-11/h4-8H2,1-3H3,(H,13,14). The summed E-state index contributed by atoms with van der Waals surface area (Å²) in [7, 11) is 0. The molecule has 0 bridgehead atoms. The fourth-order valence-electron chi connectivity index (χ4n) is 1.72. The number of rotatable bonds is 3. The van der Waals surface area contributed by atoms with Gasteiger partial charge in [0.15, 0.2) is 0 Å². The van der Waals surface area contributed by atoms with Crippen molar-refractivity contribution in [3.8, 4) is 0 Å². The van der Waals surface area contributed by atoms with Gasteiger partial charge in [0.1, 0.15) is 0 Å². The third-order valence-electron chi connectivity index (χ3n) is 2.66. The van der Waals surface area contributed by atoms with Crippen LogP contribution in [-0.2, 0) is 4.79 Å². The minimum atomic E-state index is -0.0795. The second-order valence-corrected chi connectivity index (χ2v) is 5.82. The van der Waals surface area contributed by atoms with E-state index < -0.39 is 0 Å². The van der Waals surface area contributed by atoms with E-state index in [4.69, 9.17) is 11.6 Å². The zero-order valence-electron chi connectivity index (χ0n) is 9.32. The molecule has 0 atom stereocenters. The lowest BCUT2D eigenvalue weighted by Crippen LogP contribution is -2.55. The third-order valence-corrected chi connectivity index (χ3v) is 3.17. The molecule has 3 heteroatoms. The molecule has 0 spiro atoms. The fourth-order valence-corrected chi connectivity index (χ4v) is 2.05. The number of alkyl halides is 1. The molecule has 1 amide bonds. The molecule has 14 heavy (non-hydrogen) atoms. The van der Waals surface area contributed by atoms with Crippen LogP contribution in [0.3, 0.4) is 0 Å². The highest BCUT2D eigenvalue weighted by molar-refractivity contribution is 6.18. The summed E-state index contributed by atoms with van der Waals surface area (Å²) in [5.74, 6) is 0.681. The Morgan fingerprint density at radius 3 is 2.29 bits per heavy atom. The van der Waals surface area contributed by atoms with Crippen molar-refractivity contribution in [1.82, 2.24) is 5.32 Å². The first kappa shape index (κ1) is 11.8. The highest BCUT2D eigenvalue weighted by Crippen LogP contribution is 2.33. The molecule has 0 aliphatic heterocycles. The minimum absolute atomic E-state index is 0.0569. The van der Waals surface area contributed by atoms with E-state index in [2.05, 4.69) is 26.1 Å². The second-order valence-electron chi connectivity index (χ2n) is 5.55. The van der Waals surface area contributed by atoms with Crippen LogP contribution in [0.1, 0.15) is 46.5 Å². The van der Waals surface area contributed by atoms with Gasteiger partial charge in [0, 0.05) is 12.3 Å². The van der Waals surface area contributed by atoms with Gasteiger partial charge in [0.25, 0.3) is 0 Å². The Balaban J connectivity index is 2.40. The first-order valence-corrected chi connectivity index (χ1v) is 5.77. The molecule has 0 radical (unpaired) electrons. The van der Waals surface area contributed by atoms with Crippen molar-refractivity contribution in [3.63, 3.8) is 0 Å². The van der Waals surface area contributed by atoms with Crippen molar-refractivity contribution < 1.29 is 4.79 Å². The number of carbonyl (C=O) groups is 1. The lowest BCUT2D eigenvalue weighted by molar-refractivity contribution is -0.125. The van der Waals surface area contributed by atoms with Crippen LogP contribution in [0.2, 0.25) is 0 Å². The van der Waals surface area contributed by atoms with Gasteiger partial charge in [-0.25, -0.2) is 0 Å². The maximum Gasteiger partial charge on any atom is 0.220 e. The maximum absolute atomic E-state index is 11.7. The lowest BCUT2D eigenvalue weighted by Gasteiger charge is -2.41. The normalized spacial score (nSPS) is 20.0. The highest BCUT2D eigenvalue weighted by Gasteiger charge is 2.37. The molecule has 1 aliphatic carbocycles. The predicted molar refractivity (Wildman–Crippen MR) is 59.5 cm³/mol. The van der Waals surface area contributed by atoms with Gasteiger partial charge >= 0.3 is 0 Å². The highest BCUT2D eigenvalue weighted by atomic mass is 35.5. The molecule has 82 valence electrons. The van der Waals surface area contributed by atoms with E-state index in [1.807, 2.05) is 0 Å². The van der Waals surface area contributed by atoms with E-state index >= 15 is 0 Å². The Labute approximate surface area is 91.4 Å². The van der Waals surface area contributed by atoms with E-state index in [1.165, 1.54) is 6.42 Å².